The van der Waals surface area contributed by atoms with E-state index in [2.05, 4.69) is 46.7 Å². The van der Waals surface area contributed by atoms with Crippen LogP contribution in [0, 0.1) is 11.3 Å². The van der Waals surface area contributed by atoms with Crippen molar-refractivity contribution in [1.29, 1.82) is 0 Å². The van der Waals surface area contributed by atoms with Crippen LogP contribution >= 0.6 is 0 Å². The van der Waals surface area contributed by atoms with Crippen LogP contribution in [0.3, 0.4) is 0 Å². The number of nitrogen functional groups attached to an aromatic ring is 1. The summed E-state index contributed by atoms with van der Waals surface area (Å²) >= 11 is 0. The van der Waals surface area contributed by atoms with Gasteiger partial charge >= 0.3 is 0 Å². The van der Waals surface area contributed by atoms with Crippen LogP contribution < -0.4 is 5.73 Å². The number of aromatic nitrogens is 1. The van der Waals surface area contributed by atoms with Gasteiger partial charge in [-0.3, -0.25) is 0 Å². The second-order valence-corrected chi connectivity index (χ2v) is 6.03. The molecule has 1 aromatic rings. The molecule has 3 nitrogen and oxygen atoms in total. The summed E-state index contributed by atoms with van der Waals surface area (Å²) in [5.74, 6) is 1.40. The van der Waals surface area contributed by atoms with Crippen molar-refractivity contribution in [1.82, 2.24) is 5.16 Å². The molecule has 0 aliphatic heterocycles. The molecule has 3 heteroatoms. The lowest BCUT2D eigenvalue weighted by atomic mass is 9.78. The van der Waals surface area contributed by atoms with Gasteiger partial charge in [0.15, 0.2) is 0 Å². The predicted molar refractivity (Wildman–Crippen MR) is 67.3 cm³/mol. The summed E-state index contributed by atoms with van der Waals surface area (Å²) in [6.07, 6.45) is 0.928. The maximum Gasteiger partial charge on any atom is 0.225 e. The van der Waals surface area contributed by atoms with Gasteiger partial charge < -0.3 is 10.3 Å². The van der Waals surface area contributed by atoms with Crippen molar-refractivity contribution in [3.05, 3.63) is 11.3 Å². The molecular formula is C13H24N2O. The Kier molecular flexibility index (Phi) is 3.66. The monoisotopic (exact) mass is 224 g/mol. The lowest BCUT2D eigenvalue weighted by Crippen LogP contribution is -2.20. The minimum Gasteiger partial charge on any atom is -0.367 e. The van der Waals surface area contributed by atoms with Gasteiger partial charge in [-0.2, -0.15) is 0 Å². The van der Waals surface area contributed by atoms with Gasteiger partial charge in [-0.1, -0.05) is 46.7 Å². The summed E-state index contributed by atoms with van der Waals surface area (Å²) < 4.78 is 5.10. The molecule has 92 valence electrons. The van der Waals surface area contributed by atoms with E-state index in [0.717, 1.165) is 17.7 Å². The summed E-state index contributed by atoms with van der Waals surface area (Å²) in [5.41, 5.74) is 8.18. The number of rotatable bonds is 3. The summed E-state index contributed by atoms with van der Waals surface area (Å²) in [4.78, 5) is 0. The Morgan fingerprint density at radius 1 is 1.25 bits per heavy atom. The minimum atomic E-state index is 0.280. The van der Waals surface area contributed by atoms with Crippen molar-refractivity contribution in [3.63, 3.8) is 0 Å². The lowest BCUT2D eigenvalue weighted by Gasteiger charge is -2.26. The second kappa shape index (κ2) is 4.48. The molecule has 0 aromatic carbocycles. The highest BCUT2D eigenvalue weighted by Gasteiger charge is 2.25. The Labute approximate surface area is 98.4 Å². The van der Waals surface area contributed by atoms with Gasteiger partial charge in [0.05, 0.1) is 5.69 Å². The molecule has 0 aliphatic carbocycles. The van der Waals surface area contributed by atoms with E-state index in [1.165, 1.54) is 0 Å². The largest absolute Gasteiger partial charge is 0.367 e. The van der Waals surface area contributed by atoms with Crippen LogP contribution in [0.25, 0.3) is 0 Å². The molecule has 1 rings (SSSR count). The third-order valence-electron chi connectivity index (χ3n) is 3.39. The van der Waals surface area contributed by atoms with Crippen molar-refractivity contribution >= 4 is 5.88 Å². The second-order valence-electron chi connectivity index (χ2n) is 6.03. The Balaban J connectivity index is 2.90. The Bertz CT molecular complexity index is 347. The first-order chi connectivity index (χ1) is 7.23. The molecule has 0 saturated carbocycles. The van der Waals surface area contributed by atoms with Gasteiger partial charge in [0, 0.05) is 5.56 Å². The van der Waals surface area contributed by atoms with Gasteiger partial charge in [0.25, 0.3) is 0 Å². The van der Waals surface area contributed by atoms with E-state index in [4.69, 9.17) is 10.3 Å². The van der Waals surface area contributed by atoms with Gasteiger partial charge in [0.2, 0.25) is 5.88 Å². The maximum atomic E-state index is 5.80. The third-order valence-corrected chi connectivity index (χ3v) is 3.39. The summed E-state index contributed by atoms with van der Waals surface area (Å²) in [7, 11) is 0. The quantitative estimate of drug-likeness (QED) is 0.853. The van der Waals surface area contributed by atoms with Crippen molar-refractivity contribution in [2.24, 2.45) is 11.3 Å². The standard InChI is InChI=1S/C13H24N2O/c1-8(2)11-10(15-16-12(11)14)7-9(3)13(4,5)6/h8-9H,7,14H2,1-6H3. The van der Waals surface area contributed by atoms with Crippen LogP contribution in [0.4, 0.5) is 5.88 Å². The zero-order chi connectivity index (χ0) is 12.5. The molecule has 0 saturated heterocycles. The van der Waals surface area contributed by atoms with E-state index in [9.17, 15) is 0 Å². The molecule has 1 unspecified atom stereocenters. The first-order valence-corrected chi connectivity index (χ1v) is 5.97. The molecule has 0 amide bonds. The van der Waals surface area contributed by atoms with Crippen LogP contribution in [0.2, 0.25) is 0 Å². The van der Waals surface area contributed by atoms with E-state index in [-0.39, 0.29) is 5.41 Å². The van der Waals surface area contributed by atoms with Crippen LogP contribution in [0.15, 0.2) is 4.52 Å². The molecule has 1 aromatic heterocycles. The average molecular weight is 224 g/mol. The minimum absolute atomic E-state index is 0.280. The number of nitrogens with two attached hydrogens (primary N) is 1. The number of hydrogen-bond acceptors (Lipinski definition) is 3. The molecule has 0 bridgehead atoms. The molecule has 1 heterocycles. The van der Waals surface area contributed by atoms with Crippen LogP contribution in [-0.4, -0.2) is 5.16 Å². The third kappa shape index (κ3) is 2.77. The van der Waals surface area contributed by atoms with Crippen molar-refractivity contribution in [2.45, 2.75) is 53.9 Å². The van der Waals surface area contributed by atoms with E-state index in [1.807, 2.05) is 0 Å². The first-order valence-electron chi connectivity index (χ1n) is 5.97. The summed E-state index contributed by atoms with van der Waals surface area (Å²) in [5, 5.41) is 4.09. The van der Waals surface area contributed by atoms with Crippen molar-refractivity contribution in [2.75, 3.05) is 5.73 Å². The van der Waals surface area contributed by atoms with Crippen LogP contribution in [0.1, 0.15) is 58.7 Å². The molecule has 0 fully saturated rings. The number of hydrogen-bond donors (Lipinski definition) is 1. The normalized spacial score (nSPS) is 14.4. The Morgan fingerprint density at radius 2 is 1.81 bits per heavy atom. The van der Waals surface area contributed by atoms with E-state index >= 15 is 0 Å². The Morgan fingerprint density at radius 3 is 2.25 bits per heavy atom. The zero-order valence-electron chi connectivity index (χ0n) is 11.3. The van der Waals surface area contributed by atoms with Gasteiger partial charge in [-0.05, 0) is 23.7 Å². The molecule has 1 atom stereocenters. The maximum absolute atomic E-state index is 5.80. The van der Waals surface area contributed by atoms with E-state index in [1.54, 1.807) is 0 Å². The highest BCUT2D eigenvalue weighted by atomic mass is 16.5. The fraction of sp³-hybridized carbons (Fsp3) is 0.769. The van der Waals surface area contributed by atoms with Crippen LogP contribution in [-0.2, 0) is 6.42 Å². The molecule has 2 N–H and O–H groups in total. The highest BCUT2D eigenvalue weighted by Crippen LogP contribution is 2.32. The van der Waals surface area contributed by atoms with E-state index in [0.29, 0.717) is 17.7 Å². The van der Waals surface area contributed by atoms with Crippen molar-refractivity contribution < 1.29 is 4.52 Å². The summed E-state index contributed by atoms with van der Waals surface area (Å²) in [6, 6.07) is 0. The molecule has 0 radical (unpaired) electrons. The predicted octanol–water partition coefficient (Wildman–Crippen LogP) is 3.60. The topological polar surface area (TPSA) is 52.0 Å². The van der Waals surface area contributed by atoms with Gasteiger partial charge in [0.1, 0.15) is 0 Å². The highest BCUT2D eigenvalue weighted by molar-refractivity contribution is 5.41. The molecular weight excluding hydrogens is 200 g/mol. The smallest absolute Gasteiger partial charge is 0.225 e. The summed E-state index contributed by atoms with van der Waals surface area (Å²) in [6.45, 7) is 13.2. The van der Waals surface area contributed by atoms with Gasteiger partial charge in [-0.15, -0.1) is 0 Å². The SMILES string of the molecule is CC(C)c1c(CC(C)C(C)(C)C)noc1N. The average Bonchev–Trinajstić information content (AvgIpc) is 2.45. The van der Waals surface area contributed by atoms with E-state index < -0.39 is 0 Å². The first kappa shape index (κ1) is 13.1. The lowest BCUT2D eigenvalue weighted by molar-refractivity contribution is 0.255. The fourth-order valence-corrected chi connectivity index (χ4v) is 1.71. The van der Waals surface area contributed by atoms with Crippen molar-refractivity contribution in [3.8, 4) is 0 Å². The molecule has 0 aliphatic rings. The number of nitrogens with zero attached hydrogens (tertiary/aromatic N) is 1. The molecule has 16 heavy (non-hydrogen) atoms. The number of anilines is 1. The zero-order valence-corrected chi connectivity index (χ0v) is 11.3. The van der Waals surface area contributed by atoms with Crippen LogP contribution in [0.5, 0.6) is 0 Å². The van der Waals surface area contributed by atoms with Gasteiger partial charge in [-0.25, -0.2) is 0 Å². The Hall–Kier alpha value is -0.990. The fourth-order valence-electron chi connectivity index (χ4n) is 1.71. The molecule has 0 spiro atoms.